The van der Waals surface area contributed by atoms with Crippen LogP contribution >= 0.6 is 11.3 Å². The summed E-state index contributed by atoms with van der Waals surface area (Å²) in [5.74, 6) is -0.241. The van der Waals surface area contributed by atoms with Gasteiger partial charge < -0.3 is 14.7 Å². The fraction of sp³-hybridized carbons (Fsp3) is 0.292. The van der Waals surface area contributed by atoms with Crippen molar-refractivity contribution in [3.63, 3.8) is 0 Å². The van der Waals surface area contributed by atoms with Crippen molar-refractivity contribution in [1.82, 2.24) is 4.98 Å². The van der Waals surface area contributed by atoms with Crippen LogP contribution in [0.2, 0.25) is 0 Å². The molecule has 3 rings (SSSR count). The summed E-state index contributed by atoms with van der Waals surface area (Å²) >= 11 is 1.57. The SMILES string of the molecule is C=C(C)N(Cc1csc(N(C)c2ccc(F)cc2)n1)c1ccc(N(C)C)cc1.CC. The lowest BCUT2D eigenvalue weighted by Gasteiger charge is -2.25. The van der Waals surface area contributed by atoms with Crippen molar-refractivity contribution in [2.75, 3.05) is 35.8 Å². The Morgan fingerprint density at radius 3 is 2.00 bits per heavy atom. The molecule has 0 aliphatic carbocycles. The minimum Gasteiger partial charge on any atom is -0.378 e. The minimum absolute atomic E-state index is 0.241. The van der Waals surface area contributed by atoms with Crippen LogP contribution in [0.15, 0.2) is 66.2 Å². The Labute approximate surface area is 183 Å². The number of allylic oxidation sites excluding steroid dienone is 1. The van der Waals surface area contributed by atoms with Gasteiger partial charge in [-0.25, -0.2) is 9.37 Å². The molecule has 3 aromatic rings. The number of thiazole rings is 1. The van der Waals surface area contributed by atoms with Crippen molar-refractivity contribution < 1.29 is 4.39 Å². The zero-order chi connectivity index (χ0) is 22.3. The highest BCUT2D eigenvalue weighted by molar-refractivity contribution is 7.13. The first-order valence-electron chi connectivity index (χ1n) is 9.99. The van der Waals surface area contributed by atoms with Crippen LogP contribution in [0.5, 0.6) is 0 Å². The average molecular weight is 427 g/mol. The van der Waals surface area contributed by atoms with Crippen molar-refractivity contribution in [3.05, 3.63) is 77.7 Å². The van der Waals surface area contributed by atoms with Crippen molar-refractivity contribution in [2.45, 2.75) is 27.3 Å². The highest BCUT2D eigenvalue weighted by Gasteiger charge is 2.14. The van der Waals surface area contributed by atoms with Gasteiger partial charge in [0.1, 0.15) is 5.82 Å². The number of hydrogen-bond acceptors (Lipinski definition) is 5. The second-order valence-electron chi connectivity index (χ2n) is 6.89. The summed E-state index contributed by atoms with van der Waals surface area (Å²) in [5.41, 5.74) is 5.06. The minimum atomic E-state index is -0.241. The number of rotatable bonds is 7. The summed E-state index contributed by atoms with van der Waals surface area (Å²) in [7, 11) is 5.99. The molecule has 0 atom stereocenters. The maximum atomic E-state index is 13.2. The van der Waals surface area contributed by atoms with Crippen LogP contribution in [-0.2, 0) is 6.54 Å². The molecule has 30 heavy (non-hydrogen) atoms. The molecule has 0 amide bonds. The van der Waals surface area contributed by atoms with Gasteiger partial charge >= 0.3 is 0 Å². The van der Waals surface area contributed by atoms with E-state index in [9.17, 15) is 4.39 Å². The maximum Gasteiger partial charge on any atom is 0.189 e. The summed E-state index contributed by atoms with van der Waals surface area (Å²) in [6.45, 7) is 10.8. The molecular weight excluding hydrogens is 395 g/mol. The molecule has 6 heteroatoms. The number of nitrogens with zero attached hydrogens (tertiary/aromatic N) is 4. The van der Waals surface area contributed by atoms with E-state index < -0.39 is 0 Å². The largest absolute Gasteiger partial charge is 0.378 e. The monoisotopic (exact) mass is 426 g/mol. The molecular formula is C24H31FN4S. The van der Waals surface area contributed by atoms with Gasteiger partial charge in [0.15, 0.2) is 5.13 Å². The third kappa shape index (κ3) is 5.83. The summed E-state index contributed by atoms with van der Waals surface area (Å²) in [6.07, 6.45) is 0. The van der Waals surface area contributed by atoms with Crippen LogP contribution in [0.1, 0.15) is 26.5 Å². The number of benzene rings is 2. The zero-order valence-electron chi connectivity index (χ0n) is 18.7. The molecule has 1 heterocycles. The quantitative estimate of drug-likeness (QED) is 0.420. The fourth-order valence-corrected chi connectivity index (χ4v) is 3.64. The standard InChI is InChI=1S/C22H25FN4S.C2H6/c1-16(2)27(21-12-10-19(11-13-21)25(3)4)14-18-15-28-22(24-18)26(5)20-8-6-17(23)7-9-20;1-2/h6-13,15H,1,14H2,2-5H3;1-2H3. The van der Waals surface area contributed by atoms with Gasteiger partial charge in [0.2, 0.25) is 0 Å². The Hall–Kier alpha value is -2.86. The number of aromatic nitrogens is 1. The molecule has 0 radical (unpaired) electrons. The van der Waals surface area contributed by atoms with Gasteiger partial charge in [-0.05, 0) is 55.5 Å². The number of hydrogen-bond donors (Lipinski definition) is 0. The van der Waals surface area contributed by atoms with Crippen molar-refractivity contribution in [1.29, 1.82) is 0 Å². The van der Waals surface area contributed by atoms with E-state index >= 15 is 0 Å². The molecule has 160 valence electrons. The summed E-state index contributed by atoms with van der Waals surface area (Å²) in [5, 5.41) is 2.92. The molecule has 0 aliphatic rings. The van der Waals surface area contributed by atoms with Crippen molar-refractivity contribution >= 4 is 33.5 Å². The van der Waals surface area contributed by atoms with E-state index in [1.54, 1.807) is 23.5 Å². The highest BCUT2D eigenvalue weighted by Crippen LogP contribution is 2.29. The maximum absolute atomic E-state index is 13.2. The Bertz CT molecular complexity index is 933. The lowest BCUT2D eigenvalue weighted by molar-refractivity contribution is 0.628. The molecule has 0 bridgehead atoms. The fourth-order valence-electron chi connectivity index (χ4n) is 2.84. The van der Waals surface area contributed by atoms with Crippen LogP contribution < -0.4 is 14.7 Å². The van der Waals surface area contributed by atoms with Gasteiger partial charge in [0, 0.05) is 49.3 Å². The Morgan fingerprint density at radius 1 is 0.933 bits per heavy atom. The first kappa shape index (κ1) is 23.4. The van der Waals surface area contributed by atoms with Gasteiger partial charge in [-0.3, -0.25) is 0 Å². The molecule has 0 fully saturated rings. The average Bonchev–Trinajstić information content (AvgIpc) is 3.22. The van der Waals surface area contributed by atoms with Crippen LogP contribution in [0.4, 0.5) is 26.6 Å². The predicted molar refractivity (Wildman–Crippen MR) is 130 cm³/mol. The van der Waals surface area contributed by atoms with E-state index in [2.05, 4.69) is 46.0 Å². The van der Waals surface area contributed by atoms with Crippen LogP contribution in [-0.4, -0.2) is 26.1 Å². The molecule has 0 unspecified atom stereocenters. The number of anilines is 4. The lowest BCUT2D eigenvalue weighted by atomic mass is 10.2. The van der Waals surface area contributed by atoms with E-state index in [4.69, 9.17) is 4.98 Å². The first-order chi connectivity index (χ1) is 14.3. The molecule has 0 aliphatic heterocycles. The Morgan fingerprint density at radius 2 is 1.47 bits per heavy atom. The third-order valence-corrected chi connectivity index (χ3v) is 5.47. The van der Waals surface area contributed by atoms with E-state index in [0.29, 0.717) is 6.54 Å². The summed E-state index contributed by atoms with van der Waals surface area (Å²) in [4.78, 5) is 11.0. The van der Waals surface area contributed by atoms with Gasteiger partial charge in [0.25, 0.3) is 0 Å². The van der Waals surface area contributed by atoms with Crippen LogP contribution in [0.3, 0.4) is 0 Å². The zero-order valence-corrected chi connectivity index (χ0v) is 19.5. The van der Waals surface area contributed by atoms with Crippen molar-refractivity contribution in [3.8, 4) is 0 Å². The molecule has 0 N–H and O–H groups in total. The third-order valence-electron chi connectivity index (χ3n) is 4.50. The normalized spacial score (nSPS) is 10.1. The van der Waals surface area contributed by atoms with E-state index in [0.717, 1.165) is 33.6 Å². The molecule has 0 saturated heterocycles. The van der Waals surface area contributed by atoms with E-state index in [-0.39, 0.29) is 5.82 Å². The van der Waals surface area contributed by atoms with Crippen molar-refractivity contribution in [2.24, 2.45) is 0 Å². The predicted octanol–water partition coefficient (Wildman–Crippen LogP) is 6.68. The first-order valence-corrected chi connectivity index (χ1v) is 10.9. The second-order valence-corrected chi connectivity index (χ2v) is 7.73. The topological polar surface area (TPSA) is 22.6 Å². The molecule has 1 aromatic heterocycles. The highest BCUT2D eigenvalue weighted by atomic mass is 32.1. The van der Waals surface area contributed by atoms with Gasteiger partial charge in [-0.1, -0.05) is 20.4 Å². The van der Waals surface area contributed by atoms with E-state index in [1.165, 1.54) is 12.1 Å². The molecule has 4 nitrogen and oxygen atoms in total. The molecule has 0 saturated carbocycles. The summed E-state index contributed by atoms with van der Waals surface area (Å²) in [6, 6.07) is 14.8. The second kappa shape index (κ2) is 10.8. The summed E-state index contributed by atoms with van der Waals surface area (Å²) < 4.78 is 13.2. The lowest BCUT2D eigenvalue weighted by Crippen LogP contribution is -2.20. The van der Waals surface area contributed by atoms with Gasteiger partial charge in [0.05, 0.1) is 12.2 Å². The Balaban J connectivity index is 0.00000155. The molecule has 2 aromatic carbocycles. The Kier molecular flexibility index (Phi) is 8.42. The van der Waals surface area contributed by atoms with E-state index in [1.807, 2.05) is 46.8 Å². The van der Waals surface area contributed by atoms with Crippen LogP contribution in [0, 0.1) is 5.82 Å². The van der Waals surface area contributed by atoms with Crippen LogP contribution in [0.25, 0.3) is 0 Å². The van der Waals surface area contributed by atoms with Gasteiger partial charge in [-0.2, -0.15) is 0 Å². The number of halogens is 1. The van der Waals surface area contributed by atoms with Gasteiger partial charge in [-0.15, -0.1) is 11.3 Å². The smallest absolute Gasteiger partial charge is 0.189 e. The molecule has 0 spiro atoms.